The Balaban J connectivity index is 1.36. The predicted molar refractivity (Wildman–Crippen MR) is 130 cm³/mol. The van der Waals surface area contributed by atoms with Crippen LogP contribution in [-0.2, 0) is 23.1 Å². The lowest BCUT2D eigenvalue weighted by atomic mass is 9.96. The van der Waals surface area contributed by atoms with E-state index in [0.29, 0.717) is 12.1 Å². The molecule has 4 rings (SSSR count). The van der Waals surface area contributed by atoms with E-state index in [1.807, 2.05) is 12.1 Å². The fraction of sp³-hybridized carbons (Fsp3) is 0.500. The molecule has 2 fully saturated rings. The van der Waals surface area contributed by atoms with E-state index < -0.39 is 10.0 Å². The Morgan fingerprint density at radius 1 is 0.970 bits per heavy atom. The average Bonchev–Trinajstić information content (AvgIpc) is 3.36. The minimum Gasteiger partial charge on any atom is -0.348 e. The first-order chi connectivity index (χ1) is 15.9. The molecule has 0 radical (unpaired) electrons. The highest BCUT2D eigenvalue weighted by Gasteiger charge is 2.29. The molecule has 0 aromatic heterocycles. The number of likely N-dealkylation sites (tertiary alicyclic amines) is 1. The van der Waals surface area contributed by atoms with E-state index in [0.717, 1.165) is 37.8 Å². The Labute approximate surface area is 198 Å². The molecule has 6 nitrogen and oxygen atoms in total. The lowest BCUT2D eigenvalue weighted by Gasteiger charge is -2.30. The predicted octanol–water partition coefficient (Wildman–Crippen LogP) is 4.17. The summed E-state index contributed by atoms with van der Waals surface area (Å²) in [5, 5.41) is 2.92. The highest BCUT2D eigenvalue weighted by atomic mass is 32.2. The van der Waals surface area contributed by atoms with Gasteiger partial charge in [0, 0.05) is 31.7 Å². The van der Waals surface area contributed by atoms with Gasteiger partial charge in [0.1, 0.15) is 0 Å². The lowest BCUT2D eigenvalue weighted by Crippen LogP contribution is -2.38. The quantitative estimate of drug-likeness (QED) is 0.630. The molecule has 0 spiro atoms. The minimum atomic E-state index is -3.63. The average molecular weight is 470 g/mol. The molecule has 2 aromatic rings. The van der Waals surface area contributed by atoms with Gasteiger partial charge in [-0.25, -0.2) is 8.42 Å². The van der Waals surface area contributed by atoms with Crippen molar-refractivity contribution in [1.82, 2.24) is 14.5 Å². The van der Waals surface area contributed by atoms with E-state index in [1.54, 1.807) is 25.2 Å². The maximum absolute atomic E-state index is 13.1. The summed E-state index contributed by atoms with van der Waals surface area (Å²) in [6.07, 6.45) is 7.64. The molecule has 1 aliphatic carbocycles. The summed E-state index contributed by atoms with van der Waals surface area (Å²) in [5.41, 5.74) is 2.67. The number of rotatable bonds is 8. The molecule has 1 aliphatic heterocycles. The van der Waals surface area contributed by atoms with Gasteiger partial charge in [-0.05, 0) is 68.1 Å². The van der Waals surface area contributed by atoms with E-state index in [-0.39, 0.29) is 16.8 Å². The number of hydrogen-bond acceptors (Lipinski definition) is 4. The third kappa shape index (κ3) is 6.02. The fourth-order valence-electron chi connectivity index (χ4n) is 4.85. The second-order valence-corrected chi connectivity index (χ2v) is 11.3. The number of nitrogens with zero attached hydrogens (tertiary/aromatic N) is 2. The van der Waals surface area contributed by atoms with Crippen molar-refractivity contribution in [2.45, 2.75) is 69.0 Å². The van der Waals surface area contributed by atoms with Gasteiger partial charge in [-0.2, -0.15) is 4.31 Å². The van der Waals surface area contributed by atoms with Crippen molar-refractivity contribution >= 4 is 15.9 Å². The smallest absolute Gasteiger partial charge is 0.251 e. The summed E-state index contributed by atoms with van der Waals surface area (Å²) in [7, 11) is -1.97. The molecule has 1 N–H and O–H groups in total. The molecule has 33 heavy (non-hydrogen) atoms. The van der Waals surface area contributed by atoms with E-state index in [4.69, 9.17) is 0 Å². The maximum Gasteiger partial charge on any atom is 0.251 e. The van der Waals surface area contributed by atoms with Crippen LogP contribution >= 0.6 is 0 Å². The molecule has 0 atom stereocenters. The Morgan fingerprint density at radius 3 is 2.33 bits per heavy atom. The highest BCUT2D eigenvalue weighted by molar-refractivity contribution is 7.89. The summed E-state index contributed by atoms with van der Waals surface area (Å²) < 4.78 is 27.8. The van der Waals surface area contributed by atoms with E-state index in [2.05, 4.69) is 22.3 Å². The van der Waals surface area contributed by atoms with Gasteiger partial charge in [0.25, 0.3) is 5.91 Å². The van der Waals surface area contributed by atoms with E-state index in [9.17, 15) is 13.2 Å². The largest absolute Gasteiger partial charge is 0.348 e. The van der Waals surface area contributed by atoms with Crippen LogP contribution in [0.3, 0.4) is 0 Å². The molecule has 1 saturated carbocycles. The molecule has 0 bridgehead atoms. The van der Waals surface area contributed by atoms with Crippen LogP contribution in [-0.4, -0.2) is 49.7 Å². The normalized spacial score (nSPS) is 18.0. The summed E-state index contributed by atoms with van der Waals surface area (Å²) in [6.45, 7) is 3.72. The second-order valence-electron chi connectivity index (χ2n) is 9.32. The van der Waals surface area contributed by atoms with Gasteiger partial charge >= 0.3 is 0 Å². The number of sulfonamides is 1. The summed E-state index contributed by atoms with van der Waals surface area (Å²) in [4.78, 5) is 15.4. The van der Waals surface area contributed by atoms with Crippen LogP contribution in [0.1, 0.15) is 66.4 Å². The number of carbonyl (C=O) groups is 1. The van der Waals surface area contributed by atoms with Gasteiger partial charge in [0.2, 0.25) is 10.0 Å². The molecule has 0 unspecified atom stereocenters. The first kappa shape index (κ1) is 23.9. The topological polar surface area (TPSA) is 69.7 Å². The third-order valence-corrected chi connectivity index (χ3v) is 8.85. The van der Waals surface area contributed by atoms with E-state index in [1.165, 1.54) is 48.3 Å². The Kier molecular flexibility index (Phi) is 7.83. The van der Waals surface area contributed by atoms with Crippen molar-refractivity contribution in [2.75, 3.05) is 20.1 Å². The van der Waals surface area contributed by atoms with Gasteiger partial charge in [-0.15, -0.1) is 0 Å². The molecule has 7 heteroatoms. The van der Waals surface area contributed by atoms with Gasteiger partial charge in [-0.1, -0.05) is 49.6 Å². The zero-order chi connectivity index (χ0) is 23.3. The number of amides is 1. The molecule has 1 heterocycles. The number of nitrogens with one attached hydrogen (secondary N) is 1. The molecule has 178 valence electrons. The Morgan fingerprint density at radius 2 is 1.64 bits per heavy atom. The summed E-state index contributed by atoms with van der Waals surface area (Å²) in [5.74, 6) is -0.270. The highest BCUT2D eigenvalue weighted by Crippen LogP contribution is 2.26. The number of benzene rings is 2. The zero-order valence-corrected chi connectivity index (χ0v) is 20.3. The van der Waals surface area contributed by atoms with Gasteiger partial charge in [0.15, 0.2) is 0 Å². The van der Waals surface area contributed by atoms with Crippen LogP contribution < -0.4 is 5.32 Å². The van der Waals surface area contributed by atoms with Crippen molar-refractivity contribution < 1.29 is 13.2 Å². The standard InChI is InChI=1S/C26H35N3O3S/c1-28(24-9-3-2-4-10-24)33(31,32)25-11-7-8-23(18-25)26(30)27-19-21-12-14-22(15-13-21)20-29-16-5-6-17-29/h7-8,11-15,18,24H,2-6,9-10,16-17,19-20H2,1H3,(H,27,30). The van der Waals surface area contributed by atoms with Crippen molar-refractivity contribution in [2.24, 2.45) is 0 Å². The van der Waals surface area contributed by atoms with Gasteiger partial charge < -0.3 is 5.32 Å². The zero-order valence-electron chi connectivity index (χ0n) is 19.5. The van der Waals surface area contributed by atoms with Crippen LogP contribution in [0.15, 0.2) is 53.4 Å². The van der Waals surface area contributed by atoms with Crippen LogP contribution in [0.2, 0.25) is 0 Å². The minimum absolute atomic E-state index is 0.0367. The maximum atomic E-state index is 13.1. The number of hydrogen-bond donors (Lipinski definition) is 1. The molecule has 1 saturated heterocycles. The Hall–Kier alpha value is -2.22. The number of carbonyl (C=O) groups excluding carboxylic acids is 1. The third-order valence-electron chi connectivity index (χ3n) is 6.94. The fourth-order valence-corrected chi connectivity index (χ4v) is 6.31. The molecular weight excluding hydrogens is 434 g/mol. The monoisotopic (exact) mass is 469 g/mol. The van der Waals surface area contributed by atoms with E-state index >= 15 is 0 Å². The van der Waals surface area contributed by atoms with Crippen LogP contribution in [0, 0.1) is 0 Å². The second kappa shape index (κ2) is 10.8. The van der Waals surface area contributed by atoms with Crippen LogP contribution in [0.25, 0.3) is 0 Å². The molecular formula is C26H35N3O3S. The molecule has 2 aromatic carbocycles. The first-order valence-corrected chi connectivity index (χ1v) is 13.5. The summed E-state index contributed by atoms with van der Waals surface area (Å²) >= 11 is 0. The van der Waals surface area contributed by atoms with Gasteiger partial charge in [0.05, 0.1) is 4.90 Å². The first-order valence-electron chi connectivity index (χ1n) is 12.1. The molecule has 2 aliphatic rings. The Bertz CT molecular complexity index is 1040. The summed E-state index contributed by atoms with van der Waals surface area (Å²) in [6, 6.07) is 14.7. The van der Waals surface area contributed by atoms with Crippen molar-refractivity contribution in [3.05, 3.63) is 65.2 Å². The SMILES string of the molecule is CN(C1CCCCC1)S(=O)(=O)c1cccc(C(=O)NCc2ccc(CN3CCCC3)cc2)c1. The van der Waals surface area contributed by atoms with Crippen molar-refractivity contribution in [3.8, 4) is 0 Å². The van der Waals surface area contributed by atoms with Crippen LogP contribution in [0.5, 0.6) is 0 Å². The van der Waals surface area contributed by atoms with Crippen LogP contribution in [0.4, 0.5) is 0 Å². The van der Waals surface area contributed by atoms with Crippen molar-refractivity contribution in [3.63, 3.8) is 0 Å². The van der Waals surface area contributed by atoms with Gasteiger partial charge in [-0.3, -0.25) is 9.69 Å². The molecule has 1 amide bonds. The van der Waals surface area contributed by atoms with Crippen molar-refractivity contribution in [1.29, 1.82) is 0 Å². The lowest BCUT2D eigenvalue weighted by molar-refractivity contribution is 0.0950.